The number of carbonyl (C=O) groups is 1. The number of aryl methyl sites for hydroxylation is 2. The molecule has 1 aliphatic heterocycles. The fraction of sp³-hybridized carbons (Fsp3) is 0.280. The van der Waals surface area contributed by atoms with E-state index in [-0.39, 0.29) is 5.91 Å². The minimum absolute atomic E-state index is 0.00300. The predicted octanol–water partition coefficient (Wildman–Crippen LogP) is 3.88. The maximum absolute atomic E-state index is 12.8. The zero-order valence-corrected chi connectivity index (χ0v) is 18.4. The fourth-order valence-electron chi connectivity index (χ4n) is 4.52. The molecule has 0 aliphatic carbocycles. The van der Waals surface area contributed by atoms with Crippen molar-refractivity contribution in [3.63, 3.8) is 0 Å². The summed E-state index contributed by atoms with van der Waals surface area (Å²) in [5.41, 5.74) is 7.58. The van der Waals surface area contributed by atoms with Crippen molar-refractivity contribution in [1.29, 1.82) is 0 Å². The van der Waals surface area contributed by atoms with E-state index in [4.69, 9.17) is 0 Å². The largest absolute Gasteiger partial charge is 0.367 e. The van der Waals surface area contributed by atoms with Crippen LogP contribution in [0.1, 0.15) is 34.5 Å². The van der Waals surface area contributed by atoms with Crippen molar-refractivity contribution in [2.75, 3.05) is 16.8 Å². The average Bonchev–Trinajstić information content (AvgIpc) is 3.42. The Morgan fingerprint density at radius 1 is 1.09 bits per heavy atom. The minimum atomic E-state index is -0.00300. The number of rotatable bonds is 6. The van der Waals surface area contributed by atoms with Crippen molar-refractivity contribution in [1.82, 2.24) is 19.6 Å². The SMILES string of the molecule is Cc1nc2ncnn2c(C)c1CCC(=O)Nc1ccccc1CN1CCc2ccccc21. The standard InChI is InChI=1S/C25H26N6O/c1-17-21(18(2)31-25(28-17)26-16-27-31)11-12-24(32)29-22-9-5-3-8-20(22)15-30-14-13-19-7-4-6-10-23(19)30/h3-10,16H,11-15H2,1-2H3,(H,29,32). The van der Waals surface area contributed by atoms with Crippen molar-refractivity contribution >= 4 is 23.1 Å². The van der Waals surface area contributed by atoms with E-state index in [0.717, 1.165) is 47.7 Å². The lowest BCUT2D eigenvalue weighted by atomic mass is 10.1. The van der Waals surface area contributed by atoms with Crippen molar-refractivity contribution in [3.05, 3.63) is 82.9 Å². The first-order valence-corrected chi connectivity index (χ1v) is 11.0. The third-order valence-electron chi connectivity index (χ3n) is 6.23. The fourth-order valence-corrected chi connectivity index (χ4v) is 4.52. The molecule has 3 heterocycles. The van der Waals surface area contributed by atoms with E-state index in [9.17, 15) is 4.79 Å². The highest BCUT2D eigenvalue weighted by Crippen LogP contribution is 2.30. The van der Waals surface area contributed by atoms with Crippen LogP contribution in [0.2, 0.25) is 0 Å². The zero-order chi connectivity index (χ0) is 22.1. The molecule has 7 nitrogen and oxygen atoms in total. The zero-order valence-electron chi connectivity index (χ0n) is 18.4. The lowest BCUT2D eigenvalue weighted by Crippen LogP contribution is -2.21. The molecular formula is C25H26N6O. The average molecular weight is 427 g/mol. The summed E-state index contributed by atoms with van der Waals surface area (Å²) in [6.45, 7) is 5.72. The van der Waals surface area contributed by atoms with Crippen LogP contribution in [0.3, 0.4) is 0 Å². The van der Waals surface area contributed by atoms with Gasteiger partial charge in [-0.15, -0.1) is 0 Å². The number of fused-ring (bicyclic) bond motifs is 2. The van der Waals surface area contributed by atoms with Gasteiger partial charge < -0.3 is 10.2 Å². The molecule has 0 unspecified atom stereocenters. The van der Waals surface area contributed by atoms with Crippen LogP contribution in [-0.4, -0.2) is 32.0 Å². The van der Waals surface area contributed by atoms with Gasteiger partial charge in [0.2, 0.25) is 5.91 Å². The van der Waals surface area contributed by atoms with Crippen LogP contribution >= 0.6 is 0 Å². The second kappa shape index (κ2) is 8.42. The van der Waals surface area contributed by atoms with Gasteiger partial charge in [0.05, 0.1) is 0 Å². The number of amides is 1. The van der Waals surface area contributed by atoms with Crippen LogP contribution < -0.4 is 10.2 Å². The molecule has 0 saturated carbocycles. The molecule has 0 fully saturated rings. The summed E-state index contributed by atoms with van der Waals surface area (Å²) < 4.78 is 1.73. The van der Waals surface area contributed by atoms with Crippen LogP contribution in [0, 0.1) is 13.8 Å². The molecule has 4 aromatic rings. The molecule has 7 heteroatoms. The number of benzene rings is 2. The van der Waals surface area contributed by atoms with E-state index in [1.165, 1.54) is 17.6 Å². The molecule has 0 atom stereocenters. The van der Waals surface area contributed by atoms with Gasteiger partial charge in [0.25, 0.3) is 5.78 Å². The highest BCUT2D eigenvalue weighted by atomic mass is 16.1. The molecule has 1 amide bonds. The summed E-state index contributed by atoms with van der Waals surface area (Å²) in [7, 11) is 0. The number of hydrogen-bond acceptors (Lipinski definition) is 5. The Balaban J connectivity index is 1.28. The maximum Gasteiger partial charge on any atom is 0.252 e. The summed E-state index contributed by atoms with van der Waals surface area (Å²) in [4.78, 5) is 23.9. The number of anilines is 2. The van der Waals surface area contributed by atoms with Gasteiger partial charge in [-0.25, -0.2) is 9.50 Å². The normalized spacial score (nSPS) is 12.9. The van der Waals surface area contributed by atoms with Crippen LogP contribution in [0.5, 0.6) is 0 Å². The molecule has 2 aromatic carbocycles. The third kappa shape index (κ3) is 3.82. The molecule has 0 spiro atoms. The molecule has 32 heavy (non-hydrogen) atoms. The first kappa shape index (κ1) is 20.2. The number of aromatic nitrogens is 4. The van der Waals surface area contributed by atoms with Crippen LogP contribution in [0.15, 0.2) is 54.9 Å². The quantitative estimate of drug-likeness (QED) is 0.506. The van der Waals surface area contributed by atoms with Gasteiger partial charge in [0.15, 0.2) is 0 Å². The van der Waals surface area contributed by atoms with Gasteiger partial charge in [-0.1, -0.05) is 36.4 Å². The monoisotopic (exact) mass is 426 g/mol. The molecule has 162 valence electrons. The van der Waals surface area contributed by atoms with Crippen molar-refractivity contribution in [2.24, 2.45) is 0 Å². The molecule has 1 N–H and O–H groups in total. The Labute approximate surface area is 187 Å². The molecule has 0 bridgehead atoms. The third-order valence-corrected chi connectivity index (χ3v) is 6.23. The highest BCUT2D eigenvalue weighted by molar-refractivity contribution is 5.91. The lowest BCUT2D eigenvalue weighted by Gasteiger charge is -2.21. The van der Waals surface area contributed by atoms with Crippen LogP contribution in [-0.2, 0) is 24.2 Å². The van der Waals surface area contributed by atoms with Gasteiger partial charge in [0.1, 0.15) is 6.33 Å². The van der Waals surface area contributed by atoms with Gasteiger partial charge in [-0.2, -0.15) is 10.1 Å². The maximum atomic E-state index is 12.8. The van der Waals surface area contributed by atoms with E-state index in [1.54, 1.807) is 4.52 Å². The topological polar surface area (TPSA) is 75.4 Å². The molecule has 0 radical (unpaired) electrons. The summed E-state index contributed by atoms with van der Waals surface area (Å²) in [6, 6.07) is 16.6. The Hall–Kier alpha value is -3.74. The van der Waals surface area contributed by atoms with Gasteiger partial charge in [-0.3, -0.25) is 4.79 Å². The smallest absolute Gasteiger partial charge is 0.252 e. The van der Waals surface area contributed by atoms with E-state index < -0.39 is 0 Å². The summed E-state index contributed by atoms with van der Waals surface area (Å²) >= 11 is 0. The molecular weight excluding hydrogens is 400 g/mol. The van der Waals surface area contributed by atoms with Gasteiger partial charge in [-0.05, 0) is 55.5 Å². The number of para-hydroxylation sites is 2. The Morgan fingerprint density at radius 3 is 2.81 bits per heavy atom. The number of nitrogens with one attached hydrogen (secondary N) is 1. The first-order valence-electron chi connectivity index (χ1n) is 11.0. The van der Waals surface area contributed by atoms with Crippen molar-refractivity contribution in [2.45, 2.75) is 39.7 Å². The first-order chi connectivity index (χ1) is 15.6. The van der Waals surface area contributed by atoms with Crippen molar-refractivity contribution in [3.8, 4) is 0 Å². The second-order valence-corrected chi connectivity index (χ2v) is 8.24. The number of carbonyl (C=O) groups excluding carboxylic acids is 1. The Bertz CT molecular complexity index is 1290. The minimum Gasteiger partial charge on any atom is -0.367 e. The molecule has 1 aliphatic rings. The molecule has 0 saturated heterocycles. The highest BCUT2D eigenvalue weighted by Gasteiger charge is 2.20. The van der Waals surface area contributed by atoms with E-state index in [1.807, 2.05) is 32.0 Å². The number of nitrogens with zero attached hydrogens (tertiary/aromatic N) is 5. The predicted molar refractivity (Wildman–Crippen MR) is 125 cm³/mol. The van der Waals surface area contributed by atoms with Crippen LogP contribution in [0.25, 0.3) is 5.78 Å². The summed E-state index contributed by atoms with van der Waals surface area (Å²) in [5.74, 6) is 0.586. The Morgan fingerprint density at radius 2 is 1.91 bits per heavy atom. The lowest BCUT2D eigenvalue weighted by molar-refractivity contribution is -0.116. The number of hydrogen-bond donors (Lipinski definition) is 1. The summed E-state index contributed by atoms with van der Waals surface area (Å²) in [6.07, 6.45) is 3.55. The van der Waals surface area contributed by atoms with Crippen LogP contribution in [0.4, 0.5) is 11.4 Å². The van der Waals surface area contributed by atoms with E-state index >= 15 is 0 Å². The Kier molecular flexibility index (Phi) is 5.31. The van der Waals surface area contributed by atoms with Crippen molar-refractivity contribution < 1.29 is 4.79 Å². The van der Waals surface area contributed by atoms with Gasteiger partial charge >= 0.3 is 0 Å². The summed E-state index contributed by atoms with van der Waals surface area (Å²) in [5, 5.41) is 7.36. The molecule has 2 aromatic heterocycles. The van der Waals surface area contributed by atoms with E-state index in [2.05, 4.69) is 55.6 Å². The second-order valence-electron chi connectivity index (χ2n) is 8.24. The molecule has 5 rings (SSSR count). The van der Waals surface area contributed by atoms with E-state index in [0.29, 0.717) is 18.6 Å². The van der Waals surface area contributed by atoms with Gasteiger partial charge in [0, 0.05) is 42.3 Å².